The van der Waals surface area contributed by atoms with E-state index in [9.17, 15) is 4.79 Å². The van der Waals surface area contributed by atoms with Crippen LogP contribution in [0.2, 0.25) is 0 Å². The first-order valence-corrected chi connectivity index (χ1v) is 5.80. The van der Waals surface area contributed by atoms with Crippen LogP contribution in [0, 0.1) is 3.57 Å². The Bertz CT molecular complexity index is 510. The van der Waals surface area contributed by atoms with Gasteiger partial charge in [-0.1, -0.05) is 0 Å². The van der Waals surface area contributed by atoms with E-state index in [1.54, 1.807) is 6.92 Å². The maximum absolute atomic E-state index is 11.4. The molecule has 0 spiro atoms. The van der Waals surface area contributed by atoms with Crippen LogP contribution in [0.4, 0.5) is 0 Å². The molecule has 15 heavy (non-hydrogen) atoms. The summed E-state index contributed by atoms with van der Waals surface area (Å²) in [6.07, 6.45) is 1.84. The van der Waals surface area contributed by atoms with Crippen LogP contribution in [0.1, 0.15) is 6.92 Å². The molecule has 0 saturated heterocycles. The molecule has 3 nitrogen and oxygen atoms in total. The van der Waals surface area contributed by atoms with Crippen molar-refractivity contribution in [3.63, 3.8) is 0 Å². The lowest BCUT2D eigenvalue weighted by Gasteiger charge is -2.02. The van der Waals surface area contributed by atoms with E-state index in [1.165, 1.54) is 0 Å². The number of carbonyl (C=O) groups is 1. The van der Waals surface area contributed by atoms with Crippen LogP contribution in [-0.2, 0) is 9.53 Å². The van der Waals surface area contributed by atoms with Gasteiger partial charge in [-0.3, -0.25) is 4.99 Å². The minimum atomic E-state index is -0.460. The topological polar surface area (TPSA) is 38.7 Å². The zero-order valence-electron chi connectivity index (χ0n) is 8.24. The Morgan fingerprint density at radius 2 is 2.40 bits per heavy atom. The molecule has 1 aromatic rings. The standard InChI is InChI=1S/C11H10INO2/c1-2-15-11(14)10-6-7-5-8(12)3-4-9(7)13-10/h3-6,10H,2H2,1H3/t10-/m1/s1. The van der Waals surface area contributed by atoms with Crippen LogP contribution < -0.4 is 10.6 Å². The van der Waals surface area contributed by atoms with Gasteiger partial charge in [-0.15, -0.1) is 0 Å². The molecule has 0 radical (unpaired) electrons. The van der Waals surface area contributed by atoms with Gasteiger partial charge in [0.2, 0.25) is 0 Å². The molecule has 0 N–H and O–H groups in total. The number of esters is 1. The van der Waals surface area contributed by atoms with Gasteiger partial charge in [-0.2, -0.15) is 0 Å². The highest BCUT2D eigenvalue weighted by Gasteiger charge is 2.18. The van der Waals surface area contributed by atoms with Crippen LogP contribution >= 0.6 is 22.6 Å². The fourth-order valence-corrected chi connectivity index (χ4v) is 2.00. The summed E-state index contributed by atoms with van der Waals surface area (Å²) in [5, 5.41) is 1.88. The normalized spacial score (nSPS) is 17.6. The second kappa shape index (κ2) is 4.30. The Morgan fingerprint density at radius 3 is 3.13 bits per heavy atom. The summed E-state index contributed by atoms with van der Waals surface area (Å²) >= 11 is 2.24. The van der Waals surface area contributed by atoms with Gasteiger partial charge in [0.05, 0.1) is 12.0 Å². The molecule has 0 unspecified atom stereocenters. The Labute approximate surface area is 101 Å². The van der Waals surface area contributed by atoms with E-state index in [0.29, 0.717) is 6.61 Å². The van der Waals surface area contributed by atoms with Crippen molar-refractivity contribution in [1.82, 2.24) is 0 Å². The highest BCUT2D eigenvalue weighted by Crippen LogP contribution is 2.02. The smallest absolute Gasteiger partial charge is 0.334 e. The van der Waals surface area contributed by atoms with E-state index >= 15 is 0 Å². The maximum atomic E-state index is 11.4. The molecular weight excluding hydrogens is 305 g/mol. The van der Waals surface area contributed by atoms with Gasteiger partial charge in [0.25, 0.3) is 0 Å². The van der Waals surface area contributed by atoms with Gasteiger partial charge >= 0.3 is 5.97 Å². The molecule has 0 amide bonds. The Morgan fingerprint density at radius 1 is 1.60 bits per heavy atom. The van der Waals surface area contributed by atoms with Gasteiger partial charge in [0.15, 0.2) is 6.04 Å². The number of nitrogens with zero attached hydrogens (tertiary/aromatic N) is 1. The van der Waals surface area contributed by atoms with E-state index in [2.05, 4.69) is 27.6 Å². The molecule has 4 heteroatoms. The molecule has 1 heterocycles. The quantitative estimate of drug-likeness (QED) is 0.593. The molecule has 0 aliphatic carbocycles. The molecule has 0 aromatic heterocycles. The summed E-state index contributed by atoms with van der Waals surface area (Å²) in [6.45, 7) is 2.19. The average Bonchev–Trinajstić information content (AvgIpc) is 2.60. The van der Waals surface area contributed by atoms with Crippen molar-refractivity contribution in [2.75, 3.05) is 6.61 Å². The van der Waals surface area contributed by atoms with E-state index < -0.39 is 6.04 Å². The van der Waals surface area contributed by atoms with Crippen molar-refractivity contribution in [3.8, 4) is 0 Å². The SMILES string of the molecule is CCOC(=O)[C@H]1C=c2cc(I)ccc2=N1. The number of rotatable bonds is 2. The number of fused-ring (bicyclic) bond motifs is 1. The number of hydrogen-bond donors (Lipinski definition) is 0. The third kappa shape index (κ3) is 2.19. The van der Waals surface area contributed by atoms with Gasteiger partial charge < -0.3 is 4.74 Å². The van der Waals surface area contributed by atoms with Crippen molar-refractivity contribution in [2.45, 2.75) is 13.0 Å². The summed E-state index contributed by atoms with van der Waals surface area (Å²) in [6, 6.07) is 5.45. The molecular formula is C11H10INO2. The summed E-state index contributed by atoms with van der Waals surface area (Å²) in [5.41, 5.74) is 0. The van der Waals surface area contributed by atoms with E-state index in [1.807, 2.05) is 24.3 Å². The van der Waals surface area contributed by atoms with Crippen LogP contribution in [-0.4, -0.2) is 18.6 Å². The highest BCUT2D eigenvalue weighted by atomic mass is 127. The predicted octanol–water partition coefficient (Wildman–Crippen LogP) is 0.637. The lowest BCUT2D eigenvalue weighted by molar-refractivity contribution is -0.142. The number of hydrogen-bond acceptors (Lipinski definition) is 3. The van der Waals surface area contributed by atoms with Crippen molar-refractivity contribution in [1.29, 1.82) is 0 Å². The van der Waals surface area contributed by atoms with E-state index in [0.717, 1.165) is 14.1 Å². The molecule has 0 fully saturated rings. The molecule has 1 aliphatic rings. The zero-order chi connectivity index (χ0) is 10.8. The van der Waals surface area contributed by atoms with Crippen molar-refractivity contribution in [2.24, 2.45) is 4.99 Å². The largest absolute Gasteiger partial charge is 0.464 e. The summed E-state index contributed by atoms with van der Waals surface area (Å²) in [4.78, 5) is 15.7. The van der Waals surface area contributed by atoms with Crippen LogP contribution in [0.3, 0.4) is 0 Å². The molecule has 2 rings (SSSR count). The van der Waals surface area contributed by atoms with E-state index in [4.69, 9.17) is 4.74 Å². The molecule has 78 valence electrons. The summed E-state index contributed by atoms with van der Waals surface area (Å²) in [7, 11) is 0. The predicted molar refractivity (Wildman–Crippen MR) is 64.8 cm³/mol. The number of carbonyl (C=O) groups excluding carboxylic acids is 1. The Hall–Kier alpha value is -0.910. The van der Waals surface area contributed by atoms with E-state index in [-0.39, 0.29) is 5.97 Å². The second-order valence-electron chi connectivity index (χ2n) is 3.20. The monoisotopic (exact) mass is 315 g/mol. The maximum Gasteiger partial charge on any atom is 0.334 e. The fraction of sp³-hybridized carbons (Fsp3) is 0.273. The molecule has 1 aromatic carbocycles. The van der Waals surface area contributed by atoms with Crippen molar-refractivity contribution in [3.05, 3.63) is 32.3 Å². The lowest BCUT2D eigenvalue weighted by Crippen LogP contribution is -2.20. The molecule has 1 atom stereocenters. The Balaban J connectivity index is 2.35. The minimum absolute atomic E-state index is 0.274. The van der Waals surface area contributed by atoms with Gasteiger partial charge in [-0.05, 0) is 59.0 Å². The summed E-state index contributed by atoms with van der Waals surface area (Å²) in [5.74, 6) is -0.274. The zero-order valence-corrected chi connectivity index (χ0v) is 10.4. The average molecular weight is 315 g/mol. The third-order valence-electron chi connectivity index (χ3n) is 2.13. The highest BCUT2D eigenvalue weighted by molar-refractivity contribution is 14.1. The van der Waals surface area contributed by atoms with Gasteiger partial charge in [-0.25, -0.2) is 4.79 Å². The minimum Gasteiger partial charge on any atom is -0.464 e. The molecule has 1 aliphatic heterocycles. The van der Waals surface area contributed by atoms with Crippen molar-refractivity contribution >= 4 is 34.6 Å². The first kappa shape index (κ1) is 10.6. The fourth-order valence-electron chi connectivity index (χ4n) is 1.48. The van der Waals surface area contributed by atoms with Gasteiger partial charge in [0.1, 0.15) is 0 Å². The first-order chi connectivity index (χ1) is 7.20. The van der Waals surface area contributed by atoms with Crippen LogP contribution in [0.5, 0.6) is 0 Å². The number of ether oxygens (including phenoxy) is 1. The molecule has 0 bridgehead atoms. The second-order valence-corrected chi connectivity index (χ2v) is 4.44. The third-order valence-corrected chi connectivity index (χ3v) is 2.80. The number of benzene rings is 1. The summed E-state index contributed by atoms with van der Waals surface area (Å²) < 4.78 is 6.06. The first-order valence-electron chi connectivity index (χ1n) is 4.72. The lowest BCUT2D eigenvalue weighted by atomic mass is 10.2. The van der Waals surface area contributed by atoms with Crippen LogP contribution in [0.15, 0.2) is 23.2 Å². The number of halogens is 1. The molecule has 0 saturated carbocycles. The Kier molecular flexibility index (Phi) is 3.04. The van der Waals surface area contributed by atoms with Crippen LogP contribution in [0.25, 0.3) is 6.08 Å². The van der Waals surface area contributed by atoms with Gasteiger partial charge in [0, 0.05) is 3.57 Å². The van der Waals surface area contributed by atoms with Crippen molar-refractivity contribution < 1.29 is 9.53 Å².